The quantitative estimate of drug-likeness (QED) is 0.359. The van der Waals surface area contributed by atoms with Gasteiger partial charge >= 0.3 is 12.0 Å². The molecule has 0 spiro atoms. The number of aryl methyl sites for hydroxylation is 1. The molecule has 1 rings (SSSR count). The minimum Gasteiger partial charge on any atom is -0.480 e. The largest absolute Gasteiger partial charge is 0.480 e. The number of hydrogen-bond acceptors (Lipinski definition) is 5. The molecule has 10 heteroatoms. The maximum atomic E-state index is 11.4. The van der Waals surface area contributed by atoms with E-state index in [-0.39, 0.29) is 0 Å². The van der Waals surface area contributed by atoms with Crippen LogP contribution in [0.1, 0.15) is 18.7 Å². The summed E-state index contributed by atoms with van der Waals surface area (Å²) in [7, 11) is 0. The van der Waals surface area contributed by atoms with Crippen LogP contribution in [0, 0.1) is 0 Å². The van der Waals surface area contributed by atoms with Crippen molar-refractivity contribution < 1.29 is 19.5 Å². The molecule has 20 heavy (non-hydrogen) atoms. The molecule has 1 aromatic heterocycles. The number of carbonyl (C=O) groups is 3. The summed E-state index contributed by atoms with van der Waals surface area (Å²) in [6, 6.07) is -2.00. The van der Waals surface area contributed by atoms with Crippen molar-refractivity contribution in [3.8, 4) is 0 Å². The van der Waals surface area contributed by atoms with Crippen molar-refractivity contribution in [2.75, 3.05) is 6.54 Å². The summed E-state index contributed by atoms with van der Waals surface area (Å²) in [5, 5.41) is 19.8. The molecule has 0 fully saturated rings. The number of aromatic amines is 1. The van der Waals surface area contributed by atoms with Gasteiger partial charge in [0.25, 0.3) is 0 Å². The zero-order valence-electron chi connectivity index (χ0n) is 10.6. The van der Waals surface area contributed by atoms with Gasteiger partial charge in [0.05, 0.1) is 6.42 Å². The van der Waals surface area contributed by atoms with Crippen molar-refractivity contribution in [1.29, 1.82) is 0 Å². The highest BCUT2D eigenvalue weighted by atomic mass is 16.4. The van der Waals surface area contributed by atoms with E-state index in [1.54, 1.807) is 0 Å². The highest BCUT2D eigenvalue weighted by molar-refractivity contribution is 5.87. The third-order valence-electron chi connectivity index (χ3n) is 2.35. The van der Waals surface area contributed by atoms with Gasteiger partial charge in [0.1, 0.15) is 18.2 Å². The summed E-state index contributed by atoms with van der Waals surface area (Å²) in [4.78, 5) is 36.8. The zero-order chi connectivity index (χ0) is 15.0. The van der Waals surface area contributed by atoms with Crippen LogP contribution in [0.2, 0.25) is 0 Å². The van der Waals surface area contributed by atoms with Gasteiger partial charge in [0.15, 0.2) is 0 Å². The number of carbonyl (C=O) groups excluding carboxylic acids is 2. The number of primary amides is 1. The van der Waals surface area contributed by atoms with Crippen LogP contribution in [-0.4, -0.2) is 50.8 Å². The molecular weight excluding hydrogens is 268 g/mol. The van der Waals surface area contributed by atoms with Crippen molar-refractivity contribution >= 4 is 17.9 Å². The molecule has 0 bridgehead atoms. The monoisotopic (exact) mass is 284 g/mol. The molecule has 0 saturated heterocycles. The standard InChI is InChI=1S/C10H16N6O4/c11-7(17)4-6(9(18)19)15-10(20)12-3-1-2-8-13-5-14-16-8/h5-6H,1-4H2,(H2,11,17)(H,18,19)(H2,12,15,20)(H,13,14,16). The minimum atomic E-state index is -1.33. The average molecular weight is 284 g/mol. The van der Waals surface area contributed by atoms with Gasteiger partial charge in [-0.3, -0.25) is 9.89 Å². The summed E-state index contributed by atoms with van der Waals surface area (Å²) < 4.78 is 0. The highest BCUT2D eigenvalue weighted by Crippen LogP contribution is 1.93. The van der Waals surface area contributed by atoms with E-state index in [0.717, 1.165) is 0 Å². The van der Waals surface area contributed by atoms with E-state index in [2.05, 4.69) is 25.8 Å². The van der Waals surface area contributed by atoms with E-state index in [9.17, 15) is 14.4 Å². The summed E-state index contributed by atoms with van der Waals surface area (Å²) in [5.74, 6) is -1.42. The van der Waals surface area contributed by atoms with Gasteiger partial charge in [-0.25, -0.2) is 14.6 Å². The third kappa shape index (κ3) is 5.80. The summed E-state index contributed by atoms with van der Waals surface area (Å²) >= 11 is 0. The van der Waals surface area contributed by atoms with Crippen molar-refractivity contribution in [3.05, 3.63) is 12.2 Å². The van der Waals surface area contributed by atoms with E-state index >= 15 is 0 Å². The number of hydrogen-bond donors (Lipinski definition) is 5. The molecule has 0 aromatic carbocycles. The summed E-state index contributed by atoms with van der Waals surface area (Å²) in [5.41, 5.74) is 4.89. The van der Waals surface area contributed by atoms with Gasteiger partial charge in [-0.1, -0.05) is 0 Å². The summed E-state index contributed by atoms with van der Waals surface area (Å²) in [6.45, 7) is 0.329. The van der Waals surface area contributed by atoms with Crippen LogP contribution >= 0.6 is 0 Å². The molecule has 1 aromatic rings. The Morgan fingerprint density at radius 2 is 2.20 bits per heavy atom. The van der Waals surface area contributed by atoms with Crippen molar-refractivity contribution in [2.24, 2.45) is 5.73 Å². The molecule has 10 nitrogen and oxygen atoms in total. The van der Waals surface area contributed by atoms with Crippen LogP contribution in [0.4, 0.5) is 4.79 Å². The van der Waals surface area contributed by atoms with Crippen LogP contribution < -0.4 is 16.4 Å². The number of amides is 3. The Kier molecular flexibility index (Phi) is 5.94. The highest BCUT2D eigenvalue weighted by Gasteiger charge is 2.21. The fourth-order valence-corrected chi connectivity index (χ4v) is 1.42. The first-order chi connectivity index (χ1) is 9.49. The van der Waals surface area contributed by atoms with Crippen LogP contribution in [0.15, 0.2) is 6.33 Å². The molecule has 110 valence electrons. The molecule has 0 aliphatic heterocycles. The van der Waals surface area contributed by atoms with E-state index in [4.69, 9.17) is 10.8 Å². The fourth-order valence-electron chi connectivity index (χ4n) is 1.42. The first kappa shape index (κ1) is 15.4. The van der Waals surface area contributed by atoms with E-state index in [1.807, 2.05) is 0 Å². The van der Waals surface area contributed by atoms with Crippen molar-refractivity contribution in [2.45, 2.75) is 25.3 Å². The maximum Gasteiger partial charge on any atom is 0.326 e. The lowest BCUT2D eigenvalue weighted by molar-refractivity contribution is -0.140. The minimum absolute atomic E-state index is 0.329. The van der Waals surface area contributed by atoms with Gasteiger partial charge in [0.2, 0.25) is 5.91 Å². The topological polar surface area (TPSA) is 163 Å². The van der Waals surface area contributed by atoms with Crippen LogP contribution in [-0.2, 0) is 16.0 Å². The van der Waals surface area contributed by atoms with Crippen molar-refractivity contribution in [1.82, 2.24) is 25.8 Å². The van der Waals surface area contributed by atoms with Gasteiger partial charge < -0.3 is 21.5 Å². The molecule has 0 saturated carbocycles. The number of nitrogens with zero attached hydrogens (tertiary/aromatic N) is 2. The first-order valence-electron chi connectivity index (χ1n) is 5.88. The zero-order valence-corrected chi connectivity index (χ0v) is 10.6. The molecule has 0 aliphatic carbocycles. The SMILES string of the molecule is NC(=O)CC(NC(=O)NCCCc1ncn[nH]1)C(=O)O. The number of aliphatic carboxylic acids is 1. The predicted octanol–water partition coefficient (Wildman–Crippen LogP) is -1.63. The molecule has 0 radical (unpaired) electrons. The van der Waals surface area contributed by atoms with Crippen LogP contribution in [0.25, 0.3) is 0 Å². The Hall–Kier alpha value is -2.65. The number of nitrogens with two attached hydrogens (primary N) is 1. The summed E-state index contributed by atoms with van der Waals surface area (Å²) in [6.07, 6.45) is 2.14. The second kappa shape index (κ2) is 7.71. The van der Waals surface area contributed by atoms with E-state index < -0.39 is 30.4 Å². The fraction of sp³-hybridized carbons (Fsp3) is 0.500. The number of rotatable bonds is 8. The second-order valence-electron chi connectivity index (χ2n) is 4.00. The Morgan fingerprint density at radius 1 is 1.45 bits per heavy atom. The Labute approximate surface area is 114 Å². The van der Waals surface area contributed by atoms with Crippen molar-refractivity contribution in [3.63, 3.8) is 0 Å². The Bertz CT molecular complexity index is 460. The normalized spacial score (nSPS) is 11.6. The van der Waals surface area contributed by atoms with Crippen LogP contribution in [0.3, 0.4) is 0 Å². The molecule has 6 N–H and O–H groups in total. The number of aromatic nitrogens is 3. The first-order valence-corrected chi connectivity index (χ1v) is 5.88. The number of H-pyrrole nitrogens is 1. The molecular formula is C10H16N6O4. The Balaban J connectivity index is 2.24. The lowest BCUT2D eigenvalue weighted by Crippen LogP contribution is -2.47. The molecule has 3 amide bonds. The smallest absolute Gasteiger partial charge is 0.326 e. The second-order valence-corrected chi connectivity index (χ2v) is 4.00. The van der Waals surface area contributed by atoms with Gasteiger partial charge in [-0.2, -0.15) is 5.10 Å². The molecule has 0 aliphatic rings. The molecule has 1 unspecified atom stereocenters. The lowest BCUT2D eigenvalue weighted by Gasteiger charge is -2.13. The van der Waals surface area contributed by atoms with Gasteiger partial charge in [0, 0.05) is 13.0 Å². The number of nitrogens with one attached hydrogen (secondary N) is 3. The Morgan fingerprint density at radius 3 is 2.75 bits per heavy atom. The van der Waals surface area contributed by atoms with Gasteiger partial charge in [-0.15, -0.1) is 0 Å². The molecule has 1 heterocycles. The van der Waals surface area contributed by atoms with E-state index in [1.165, 1.54) is 6.33 Å². The maximum absolute atomic E-state index is 11.4. The lowest BCUT2D eigenvalue weighted by atomic mass is 10.2. The molecule has 1 atom stereocenters. The number of carboxylic acids is 1. The van der Waals surface area contributed by atoms with Crippen LogP contribution in [0.5, 0.6) is 0 Å². The third-order valence-corrected chi connectivity index (χ3v) is 2.35. The predicted molar refractivity (Wildman–Crippen MR) is 66.5 cm³/mol. The average Bonchev–Trinajstić information content (AvgIpc) is 2.86. The van der Waals surface area contributed by atoms with Gasteiger partial charge in [-0.05, 0) is 6.42 Å². The number of carboxylic acid groups (broad SMARTS) is 1. The van der Waals surface area contributed by atoms with E-state index in [0.29, 0.717) is 25.2 Å². The number of urea groups is 1.